The number of hydrogen-bond acceptors (Lipinski definition) is 3. The summed E-state index contributed by atoms with van der Waals surface area (Å²) in [6, 6.07) is 16.3. The molecule has 2 aromatic carbocycles. The zero-order valence-electron chi connectivity index (χ0n) is 14.8. The Morgan fingerprint density at radius 3 is 2.81 bits per heavy atom. The van der Waals surface area contributed by atoms with Gasteiger partial charge in [-0.1, -0.05) is 38.1 Å². The summed E-state index contributed by atoms with van der Waals surface area (Å²) in [5.41, 5.74) is 4.86. The molecule has 2 heterocycles. The van der Waals surface area contributed by atoms with E-state index in [1.54, 1.807) is 0 Å². The molecule has 0 saturated heterocycles. The molecule has 1 amide bonds. The third-order valence-corrected chi connectivity index (χ3v) is 4.80. The van der Waals surface area contributed by atoms with Gasteiger partial charge in [-0.25, -0.2) is 4.98 Å². The minimum absolute atomic E-state index is 0.169. The van der Waals surface area contributed by atoms with E-state index in [2.05, 4.69) is 47.3 Å². The molecule has 0 aliphatic heterocycles. The van der Waals surface area contributed by atoms with Crippen LogP contribution in [0.1, 0.15) is 19.4 Å². The molecular formula is C21H20N4O. The van der Waals surface area contributed by atoms with E-state index in [-0.39, 0.29) is 5.41 Å². The van der Waals surface area contributed by atoms with Gasteiger partial charge in [-0.3, -0.25) is 9.78 Å². The number of nitrogens with zero attached hydrogens (tertiary/aromatic N) is 2. The Morgan fingerprint density at radius 2 is 1.96 bits per heavy atom. The number of hydrogen-bond donors (Lipinski definition) is 2. The van der Waals surface area contributed by atoms with E-state index < -0.39 is 0 Å². The molecule has 0 atom stereocenters. The van der Waals surface area contributed by atoms with Crippen LogP contribution in [0.25, 0.3) is 33.3 Å². The van der Waals surface area contributed by atoms with Crippen LogP contribution in [0.3, 0.4) is 0 Å². The first-order valence-electron chi connectivity index (χ1n) is 8.60. The second kappa shape index (κ2) is 6.26. The van der Waals surface area contributed by atoms with Gasteiger partial charge in [0.15, 0.2) is 0 Å². The molecule has 130 valence electrons. The fourth-order valence-corrected chi connectivity index (χ4v) is 3.26. The lowest BCUT2D eigenvalue weighted by Gasteiger charge is -2.24. The van der Waals surface area contributed by atoms with E-state index in [1.165, 1.54) is 0 Å². The number of aromatic nitrogens is 3. The number of fused-ring (bicyclic) bond motifs is 2. The van der Waals surface area contributed by atoms with Crippen molar-refractivity contribution in [2.24, 2.45) is 0 Å². The van der Waals surface area contributed by atoms with Gasteiger partial charge < -0.3 is 10.3 Å². The number of rotatable bonds is 5. The van der Waals surface area contributed by atoms with E-state index in [0.717, 1.165) is 45.3 Å². The normalized spacial score (nSPS) is 11.8. The van der Waals surface area contributed by atoms with Crippen LogP contribution >= 0.6 is 0 Å². The van der Waals surface area contributed by atoms with Crippen molar-refractivity contribution in [3.8, 4) is 11.4 Å². The van der Waals surface area contributed by atoms with Crippen molar-refractivity contribution in [2.75, 3.05) is 6.54 Å². The number of pyridine rings is 1. The molecule has 0 saturated carbocycles. The molecule has 2 N–H and O–H groups in total. The highest BCUT2D eigenvalue weighted by atomic mass is 16.1. The monoisotopic (exact) mass is 344 g/mol. The molecule has 0 radical (unpaired) electrons. The van der Waals surface area contributed by atoms with Crippen molar-refractivity contribution in [1.29, 1.82) is 0 Å². The maximum atomic E-state index is 10.6. The van der Waals surface area contributed by atoms with E-state index in [0.29, 0.717) is 6.54 Å². The number of nitrogens with one attached hydrogen (secondary N) is 2. The van der Waals surface area contributed by atoms with Gasteiger partial charge in [0, 0.05) is 29.1 Å². The summed E-state index contributed by atoms with van der Waals surface area (Å²) in [5, 5.41) is 3.84. The number of imidazole rings is 1. The van der Waals surface area contributed by atoms with Gasteiger partial charge in [0.05, 0.1) is 16.6 Å². The molecule has 0 bridgehead atoms. The van der Waals surface area contributed by atoms with Crippen LogP contribution in [0.5, 0.6) is 0 Å². The molecular weight excluding hydrogens is 324 g/mol. The number of carbonyl (C=O) groups excluding carboxylic acids is 1. The highest BCUT2D eigenvalue weighted by Crippen LogP contribution is 2.29. The number of aromatic amines is 1. The number of benzene rings is 2. The topological polar surface area (TPSA) is 70.7 Å². The highest BCUT2D eigenvalue weighted by Gasteiger charge is 2.21. The zero-order chi connectivity index (χ0) is 18.1. The SMILES string of the molecule is CC(C)(CNC=O)c1ccc2[nH]c(-c3ccnc4ccccc34)nc2c1. The molecule has 4 aromatic rings. The fraction of sp³-hybridized carbons (Fsp3) is 0.190. The number of amides is 1. The van der Waals surface area contributed by atoms with Crippen molar-refractivity contribution in [3.63, 3.8) is 0 Å². The predicted octanol–water partition coefficient (Wildman–Crippen LogP) is 3.80. The van der Waals surface area contributed by atoms with Crippen molar-refractivity contribution >= 4 is 28.3 Å². The van der Waals surface area contributed by atoms with E-state index in [4.69, 9.17) is 4.98 Å². The van der Waals surface area contributed by atoms with Gasteiger partial charge in [0.25, 0.3) is 0 Å². The molecule has 0 unspecified atom stereocenters. The first-order valence-corrected chi connectivity index (χ1v) is 8.60. The average Bonchev–Trinajstić information content (AvgIpc) is 3.09. The third kappa shape index (κ3) is 2.81. The lowest BCUT2D eigenvalue weighted by Crippen LogP contribution is -2.32. The Kier molecular flexibility index (Phi) is 3.92. The lowest BCUT2D eigenvalue weighted by atomic mass is 9.84. The molecule has 0 spiro atoms. The zero-order valence-corrected chi connectivity index (χ0v) is 14.8. The standard InChI is InChI=1S/C21H20N4O/c1-21(2,12-22-13-26)14-7-8-18-19(11-14)25-20(24-18)16-9-10-23-17-6-4-3-5-15(16)17/h3-11,13H,12H2,1-2H3,(H,22,26)(H,24,25). The second-order valence-corrected chi connectivity index (χ2v) is 7.08. The van der Waals surface area contributed by atoms with Crippen LogP contribution in [0.15, 0.2) is 54.7 Å². The van der Waals surface area contributed by atoms with Crippen LogP contribution in [0, 0.1) is 0 Å². The van der Waals surface area contributed by atoms with Gasteiger partial charge >= 0.3 is 0 Å². The molecule has 5 heteroatoms. The van der Waals surface area contributed by atoms with E-state index in [1.807, 2.05) is 36.5 Å². The molecule has 0 fully saturated rings. The molecule has 0 aliphatic rings. The van der Waals surface area contributed by atoms with Crippen molar-refractivity contribution in [1.82, 2.24) is 20.3 Å². The summed E-state index contributed by atoms with van der Waals surface area (Å²) in [7, 11) is 0. The quantitative estimate of drug-likeness (QED) is 0.541. The summed E-state index contributed by atoms with van der Waals surface area (Å²) in [6.07, 6.45) is 2.55. The number of H-pyrrole nitrogens is 1. The smallest absolute Gasteiger partial charge is 0.207 e. The first kappa shape index (κ1) is 16.3. The van der Waals surface area contributed by atoms with Crippen molar-refractivity contribution in [2.45, 2.75) is 19.3 Å². The van der Waals surface area contributed by atoms with Gasteiger partial charge in [-0.05, 0) is 29.8 Å². The van der Waals surface area contributed by atoms with Gasteiger partial charge in [-0.2, -0.15) is 0 Å². The Hall–Kier alpha value is -3.21. The molecule has 5 nitrogen and oxygen atoms in total. The van der Waals surface area contributed by atoms with Crippen LogP contribution < -0.4 is 5.32 Å². The minimum atomic E-state index is -0.169. The van der Waals surface area contributed by atoms with Gasteiger partial charge in [-0.15, -0.1) is 0 Å². The van der Waals surface area contributed by atoms with Crippen LogP contribution in [0.2, 0.25) is 0 Å². The van der Waals surface area contributed by atoms with Crippen LogP contribution in [-0.4, -0.2) is 27.9 Å². The summed E-state index contributed by atoms with van der Waals surface area (Å²) in [6.45, 7) is 4.79. The first-order chi connectivity index (χ1) is 12.6. The summed E-state index contributed by atoms with van der Waals surface area (Å²) < 4.78 is 0. The Balaban J connectivity index is 1.80. The maximum absolute atomic E-state index is 10.6. The second-order valence-electron chi connectivity index (χ2n) is 7.08. The van der Waals surface area contributed by atoms with Gasteiger partial charge in [0.1, 0.15) is 5.82 Å². The average molecular weight is 344 g/mol. The summed E-state index contributed by atoms with van der Waals surface area (Å²) in [4.78, 5) is 23.3. The minimum Gasteiger partial charge on any atom is -0.358 e. The van der Waals surface area contributed by atoms with E-state index in [9.17, 15) is 4.79 Å². The highest BCUT2D eigenvalue weighted by molar-refractivity contribution is 5.94. The molecule has 26 heavy (non-hydrogen) atoms. The Labute approximate surface area is 151 Å². The molecule has 4 rings (SSSR count). The fourth-order valence-electron chi connectivity index (χ4n) is 3.26. The van der Waals surface area contributed by atoms with Crippen molar-refractivity contribution < 1.29 is 4.79 Å². The number of para-hydroxylation sites is 1. The largest absolute Gasteiger partial charge is 0.358 e. The number of carbonyl (C=O) groups is 1. The maximum Gasteiger partial charge on any atom is 0.207 e. The van der Waals surface area contributed by atoms with E-state index >= 15 is 0 Å². The predicted molar refractivity (Wildman–Crippen MR) is 104 cm³/mol. The molecule has 2 aromatic heterocycles. The van der Waals surface area contributed by atoms with Crippen molar-refractivity contribution in [3.05, 3.63) is 60.3 Å². The summed E-state index contributed by atoms with van der Waals surface area (Å²) in [5.74, 6) is 0.833. The Morgan fingerprint density at radius 1 is 1.12 bits per heavy atom. The third-order valence-electron chi connectivity index (χ3n) is 4.80. The molecule has 0 aliphatic carbocycles. The Bertz CT molecular complexity index is 1090. The van der Waals surface area contributed by atoms with Gasteiger partial charge in [0.2, 0.25) is 6.41 Å². The van der Waals surface area contributed by atoms with Crippen LogP contribution in [0.4, 0.5) is 0 Å². The summed E-state index contributed by atoms with van der Waals surface area (Å²) >= 11 is 0. The lowest BCUT2D eigenvalue weighted by molar-refractivity contribution is -0.109. The van der Waals surface area contributed by atoms with Crippen LogP contribution in [-0.2, 0) is 10.2 Å².